The molecule has 0 bridgehead atoms. The number of thiophene rings is 1. The van der Waals surface area contributed by atoms with Crippen molar-refractivity contribution in [2.75, 3.05) is 0 Å². The number of hydrogen-bond donors (Lipinski definition) is 0. The summed E-state index contributed by atoms with van der Waals surface area (Å²) in [6, 6.07) is 4.30. The van der Waals surface area contributed by atoms with Crippen LogP contribution >= 0.6 is 11.3 Å². The second kappa shape index (κ2) is 4.62. The molecule has 2 aromatic rings. The largest absolute Gasteiger partial charge is 0.334 e. The van der Waals surface area contributed by atoms with Gasteiger partial charge in [-0.2, -0.15) is 0 Å². The van der Waals surface area contributed by atoms with Crippen molar-refractivity contribution in [3.05, 3.63) is 40.6 Å². The number of rotatable bonds is 4. The summed E-state index contributed by atoms with van der Waals surface area (Å²) in [6.07, 6.45) is 5.07. The lowest BCUT2D eigenvalue weighted by molar-refractivity contribution is 0.622. The van der Waals surface area contributed by atoms with Crippen molar-refractivity contribution in [2.45, 2.75) is 32.7 Å². The zero-order valence-corrected chi connectivity index (χ0v) is 10.00. The number of hydrogen-bond acceptors (Lipinski definition) is 2. The van der Waals surface area contributed by atoms with Gasteiger partial charge in [0, 0.05) is 29.7 Å². The SMILES string of the molecule is CC(C)c1nccn1CCc1cccs1. The fraction of sp³-hybridized carbons (Fsp3) is 0.417. The van der Waals surface area contributed by atoms with Crippen LogP contribution in [0.2, 0.25) is 0 Å². The van der Waals surface area contributed by atoms with Crippen molar-refractivity contribution in [2.24, 2.45) is 0 Å². The number of nitrogens with zero attached hydrogens (tertiary/aromatic N) is 2. The highest BCUT2D eigenvalue weighted by molar-refractivity contribution is 7.09. The quantitative estimate of drug-likeness (QED) is 0.773. The van der Waals surface area contributed by atoms with Crippen LogP contribution < -0.4 is 0 Å². The molecule has 0 atom stereocenters. The first kappa shape index (κ1) is 10.4. The Morgan fingerprint density at radius 1 is 1.47 bits per heavy atom. The molecule has 0 saturated heterocycles. The summed E-state index contributed by atoms with van der Waals surface area (Å²) >= 11 is 1.83. The summed E-state index contributed by atoms with van der Waals surface area (Å²) in [6.45, 7) is 5.40. The third-order valence-corrected chi connectivity index (χ3v) is 3.38. The van der Waals surface area contributed by atoms with Crippen molar-refractivity contribution in [1.29, 1.82) is 0 Å². The van der Waals surface area contributed by atoms with E-state index in [1.807, 2.05) is 17.5 Å². The van der Waals surface area contributed by atoms with E-state index in [0.717, 1.165) is 13.0 Å². The van der Waals surface area contributed by atoms with Crippen molar-refractivity contribution >= 4 is 11.3 Å². The first-order chi connectivity index (χ1) is 7.27. The molecule has 80 valence electrons. The van der Waals surface area contributed by atoms with Gasteiger partial charge in [0.05, 0.1) is 0 Å². The Kier molecular flexibility index (Phi) is 3.21. The van der Waals surface area contributed by atoms with Crippen LogP contribution in [0.3, 0.4) is 0 Å². The van der Waals surface area contributed by atoms with Crippen LogP contribution in [0.4, 0.5) is 0 Å². The first-order valence-electron chi connectivity index (χ1n) is 5.31. The molecular weight excluding hydrogens is 204 g/mol. The van der Waals surface area contributed by atoms with E-state index in [4.69, 9.17) is 0 Å². The Labute approximate surface area is 94.6 Å². The predicted molar refractivity (Wildman–Crippen MR) is 64.3 cm³/mol. The maximum absolute atomic E-state index is 4.38. The molecule has 0 spiro atoms. The second-order valence-corrected chi connectivity index (χ2v) is 5.00. The minimum absolute atomic E-state index is 0.503. The van der Waals surface area contributed by atoms with E-state index in [-0.39, 0.29) is 0 Å². The van der Waals surface area contributed by atoms with Gasteiger partial charge in [0.15, 0.2) is 0 Å². The summed E-state index contributed by atoms with van der Waals surface area (Å²) in [5.74, 6) is 1.69. The third-order valence-electron chi connectivity index (χ3n) is 2.44. The molecule has 0 aliphatic rings. The molecule has 0 saturated carbocycles. The standard InChI is InChI=1S/C12H16N2S/c1-10(2)12-13-6-8-14(12)7-5-11-4-3-9-15-11/h3-4,6,8-10H,5,7H2,1-2H3. The van der Waals surface area contributed by atoms with Gasteiger partial charge in [-0.05, 0) is 17.9 Å². The molecule has 0 aliphatic heterocycles. The van der Waals surface area contributed by atoms with Crippen molar-refractivity contribution in [3.63, 3.8) is 0 Å². The van der Waals surface area contributed by atoms with Gasteiger partial charge in [-0.3, -0.25) is 0 Å². The summed E-state index contributed by atoms with van der Waals surface area (Å²) in [4.78, 5) is 5.82. The average molecular weight is 220 g/mol. The maximum Gasteiger partial charge on any atom is 0.111 e. The summed E-state index contributed by atoms with van der Waals surface area (Å²) in [5.41, 5.74) is 0. The van der Waals surface area contributed by atoms with E-state index in [0.29, 0.717) is 5.92 Å². The van der Waals surface area contributed by atoms with Crippen LogP contribution in [-0.4, -0.2) is 9.55 Å². The normalized spacial score (nSPS) is 11.1. The van der Waals surface area contributed by atoms with Gasteiger partial charge in [-0.25, -0.2) is 4.98 Å². The smallest absolute Gasteiger partial charge is 0.111 e. The number of imidazole rings is 1. The van der Waals surface area contributed by atoms with Crippen LogP contribution in [0.5, 0.6) is 0 Å². The minimum atomic E-state index is 0.503. The van der Waals surface area contributed by atoms with Gasteiger partial charge in [0.2, 0.25) is 0 Å². The molecule has 15 heavy (non-hydrogen) atoms. The van der Waals surface area contributed by atoms with Crippen molar-refractivity contribution in [3.8, 4) is 0 Å². The van der Waals surface area contributed by atoms with E-state index < -0.39 is 0 Å². The van der Waals surface area contributed by atoms with Gasteiger partial charge in [-0.1, -0.05) is 19.9 Å². The Morgan fingerprint density at radius 2 is 2.33 bits per heavy atom. The fourth-order valence-corrected chi connectivity index (χ4v) is 2.39. The lowest BCUT2D eigenvalue weighted by atomic mass is 10.2. The monoisotopic (exact) mass is 220 g/mol. The summed E-state index contributed by atoms with van der Waals surface area (Å²) in [7, 11) is 0. The molecule has 2 nitrogen and oxygen atoms in total. The minimum Gasteiger partial charge on any atom is -0.334 e. The number of aryl methyl sites for hydroxylation is 2. The summed E-state index contributed by atoms with van der Waals surface area (Å²) in [5, 5.41) is 2.13. The van der Waals surface area contributed by atoms with Crippen molar-refractivity contribution in [1.82, 2.24) is 9.55 Å². The van der Waals surface area contributed by atoms with Gasteiger partial charge in [-0.15, -0.1) is 11.3 Å². The van der Waals surface area contributed by atoms with Gasteiger partial charge in [0.25, 0.3) is 0 Å². The van der Waals surface area contributed by atoms with Crippen LogP contribution in [0.1, 0.15) is 30.5 Å². The molecule has 0 aliphatic carbocycles. The fourth-order valence-electron chi connectivity index (χ4n) is 1.70. The Balaban J connectivity index is 2.02. The lowest BCUT2D eigenvalue weighted by Gasteiger charge is -2.09. The Hall–Kier alpha value is -1.09. The van der Waals surface area contributed by atoms with Crippen molar-refractivity contribution < 1.29 is 0 Å². The molecule has 2 aromatic heterocycles. The molecule has 0 unspecified atom stereocenters. The Bertz CT molecular complexity index is 401. The predicted octanol–water partition coefficient (Wildman–Crippen LogP) is 3.31. The molecule has 3 heteroatoms. The number of aromatic nitrogens is 2. The zero-order valence-electron chi connectivity index (χ0n) is 9.18. The molecule has 0 aromatic carbocycles. The molecule has 0 fully saturated rings. The highest BCUT2D eigenvalue weighted by atomic mass is 32.1. The van der Waals surface area contributed by atoms with Crippen LogP contribution in [0, 0.1) is 0 Å². The third kappa shape index (κ3) is 2.48. The highest BCUT2D eigenvalue weighted by Gasteiger charge is 2.06. The molecule has 0 amide bonds. The molecule has 0 N–H and O–H groups in total. The van der Waals surface area contributed by atoms with E-state index >= 15 is 0 Å². The molecule has 2 rings (SSSR count). The van der Waals surface area contributed by atoms with Gasteiger partial charge in [0.1, 0.15) is 5.82 Å². The first-order valence-corrected chi connectivity index (χ1v) is 6.18. The van der Waals surface area contributed by atoms with Gasteiger partial charge < -0.3 is 4.57 Å². The average Bonchev–Trinajstić information content (AvgIpc) is 2.86. The summed E-state index contributed by atoms with van der Waals surface area (Å²) < 4.78 is 2.25. The Morgan fingerprint density at radius 3 is 3.00 bits per heavy atom. The van der Waals surface area contributed by atoms with E-state index in [1.165, 1.54) is 10.7 Å². The zero-order chi connectivity index (χ0) is 10.7. The van der Waals surface area contributed by atoms with E-state index in [1.54, 1.807) is 0 Å². The molecular formula is C12H16N2S. The lowest BCUT2D eigenvalue weighted by Crippen LogP contribution is -2.06. The van der Waals surface area contributed by atoms with Crippen LogP contribution in [0.15, 0.2) is 29.9 Å². The molecule has 2 heterocycles. The van der Waals surface area contributed by atoms with E-state index in [9.17, 15) is 0 Å². The highest BCUT2D eigenvalue weighted by Crippen LogP contribution is 2.14. The van der Waals surface area contributed by atoms with Gasteiger partial charge >= 0.3 is 0 Å². The topological polar surface area (TPSA) is 17.8 Å². The van der Waals surface area contributed by atoms with Crippen LogP contribution in [-0.2, 0) is 13.0 Å². The second-order valence-electron chi connectivity index (χ2n) is 3.96. The van der Waals surface area contributed by atoms with E-state index in [2.05, 4.69) is 47.1 Å². The van der Waals surface area contributed by atoms with Crippen LogP contribution in [0.25, 0.3) is 0 Å². The molecule has 0 radical (unpaired) electrons. The maximum atomic E-state index is 4.38.